The average molecular weight is 262 g/mol. The first-order chi connectivity index (χ1) is 8.67. The Balaban J connectivity index is 1.94. The van der Waals surface area contributed by atoms with Crippen molar-refractivity contribution >= 4 is 22.9 Å². The summed E-state index contributed by atoms with van der Waals surface area (Å²) in [5.74, 6) is -0.0861. The van der Waals surface area contributed by atoms with Gasteiger partial charge in [0.05, 0.1) is 23.7 Å². The van der Waals surface area contributed by atoms with Gasteiger partial charge in [0.1, 0.15) is 0 Å². The van der Waals surface area contributed by atoms with Gasteiger partial charge >= 0.3 is 0 Å². The van der Waals surface area contributed by atoms with Gasteiger partial charge in [0.25, 0.3) is 0 Å². The van der Waals surface area contributed by atoms with E-state index in [1.807, 2.05) is 12.3 Å². The van der Waals surface area contributed by atoms with E-state index >= 15 is 0 Å². The molecule has 0 radical (unpaired) electrons. The summed E-state index contributed by atoms with van der Waals surface area (Å²) in [6, 6.07) is 7.11. The van der Waals surface area contributed by atoms with Crippen molar-refractivity contribution in [3.05, 3.63) is 45.9 Å². The number of aromatic nitrogens is 1. The van der Waals surface area contributed by atoms with Crippen LogP contribution in [-0.4, -0.2) is 16.0 Å². The molecule has 2 aromatic rings. The Labute approximate surface area is 109 Å². The largest absolute Gasteiger partial charge is 0.392 e. The molecule has 0 aliphatic heterocycles. The monoisotopic (exact) mass is 262 g/mol. The van der Waals surface area contributed by atoms with Crippen LogP contribution >= 0.6 is 11.3 Å². The summed E-state index contributed by atoms with van der Waals surface area (Å²) in [6.45, 7) is 1.92. The zero-order valence-electron chi connectivity index (χ0n) is 10.0. The molecule has 0 aliphatic rings. The number of carbonyl (C=O) groups is 1. The number of aryl methyl sites for hydroxylation is 1. The van der Waals surface area contributed by atoms with E-state index in [0.717, 1.165) is 22.0 Å². The Hall–Kier alpha value is -1.72. The molecule has 0 aliphatic carbocycles. The van der Waals surface area contributed by atoms with E-state index in [9.17, 15) is 4.79 Å². The first-order valence-corrected chi connectivity index (χ1v) is 6.46. The lowest BCUT2D eigenvalue weighted by molar-refractivity contribution is -0.115. The minimum absolute atomic E-state index is 0.00628. The molecule has 1 aromatic carbocycles. The number of hydrogen-bond acceptors (Lipinski definition) is 4. The zero-order valence-corrected chi connectivity index (χ0v) is 10.8. The van der Waals surface area contributed by atoms with Crippen molar-refractivity contribution < 1.29 is 9.90 Å². The van der Waals surface area contributed by atoms with E-state index in [0.29, 0.717) is 0 Å². The summed E-state index contributed by atoms with van der Waals surface area (Å²) >= 11 is 1.54. The first-order valence-electron chi connectivity index (χ1n) is 5.58. The van der Waals surface area contributed by atoms with Crippen molar-refractivity contribution in [3.63, 3.8) is 0 Å². The third-order valence-corrected chi connectivity index (χ3v) is 3.25. The first kappa shape index (κ1) is 12.7. The standard InChI is InChI=1S/C13H14N2O2S/c1-9-14-12(8-18-9)6-13(17)15-11-4-2-10(7-16)3-5-11/h2-5,8,16H,6-7H2,1H3,(H,15,17). The maximum absolute atomic E-state index is 11.7. The Bertz CT molecular complexity index is 534. The Morgan fingerprint density at radius 3 is 2.67 bits per heavy atom. The van der Waals surface area contributed by atoms with E-state index in [-0.39, 0.29) is 18.9 Å². The molecule has 4 nitrogen and oxygen atoms in total. The fourth-order valence-electron chi connectivity index (χ4n) is 1.55. The van der Waals surface area contributed by atoms with E-state index in [4.69, 9.17) is 5.11 Å². The maximum atomic E-state index is 11.7. The Morgan fingerprint density at radius 1 is 1.39 bits per heavy atom. The predicted molar refractivity (Wildman–Crippen MR) is 71.5 cm³/mol. The smallest absolute Gasteiger partial charge is 0.230 e. The number of anilines is 1. The van der Waals surface area contributed by atoms with Gasteiger partial charge < -0.3 is 10.4 Å². The highest BCUT2D eigenvalue weighted by molar-refractivity contribution is 7.09. The molecular weight excluding hydrogens is 248 g/mol. The number of benzene rings is 1. The van der Waals surface area contributed by atoms with E-state index in [1.54, 1.807) is 24.3 Å². The number of thiazole rings is 1. The van der Waals surface area contributed by atoms with Crippen molar-refractivity contribution in [1.29, 1.82) is 0 Å². The van der Waals surface area contributed by atoms with Gasteiger partial charge in [0, 0.05) is 11.1 Å². The van der Waals surface area contributed by atoms with Gasteiger partial charge in [-0.05, 0) is 24.6 Å². The molecule has 5 heteroatoms. The summed E-state index contributed by atoms with van der Waals surface area (Å²) in [6.07, 6.45) is 0.284. The molecule has 0 saturated carbocycles. The lowest BCUT2D eigenvalue weighted by Gasteiger charge is -2.04. The molecular formula is C13H14N2O2S. The summed E-state index contributed by atoms with van der Waals surface area (Å²) in [5.41, 5.74) is 2.34. The number of aliphatic hydroxyl groups is 1. The number of aliphatic hydroxyl groups excluding tert-OH is 1. The Kier molecular flexibility index (Phi) is 4.07. The molecule has 1 aromatic heterocycles. The van der Waals surface area contributed by atoms with Gasteiger partial charge in [0.2, 0.25) is 5.91 Å². The van der Waals surface area contributed by atoms with Gasteiger partial charge in [-0.25, -0.2) is 4.98 Å². The zero-order chi connectivity index (χ0) is 13.0. The number of nitrogens with one attached hydrogen (secondary N) is 1. The molecule has 0 saturated heterocycles. The third-order valence-electron chi connectivity index (χ3n) is 2.43. The minimum Gasteiger partial charge on any atom is -0.392 e. The summed E-state index contributed by atoms with van der Waals surface area (Å²) in [7, 11) is 0. The predicted octanol–water partition coefficient (Wildman–Crippen LogP) is 2.13. The van der Waals surface area contributed by atoms with E-state index in [1.165, 1.54) is 11.3 Å². The van der Waals surface area contributed by atoms with Gasteiger partial charge in [-0.3, -0.25) is 4.79 Å². The molecule has 0 atom stereocenters. The Morgan fingerprint density at radius 2 is 2.11 bits per heavy atom. The molecule has 0 unspecified atom stereocenters. The van der Waals surface area contributed by atoms with Gasteiger partial charge in [-0.15, -0.1) is 11.3 Å². The number of hydrogen-bond donors (Lipinski definition) is 2. The quantitative estimate of drug-likeness (QED) is 0.887. The third kappa shape index (κ3) is 3.38. The minimum atomic E-state index is -0.0861. The number of rotatable bonds is 4. The average Bonchev–Trinajstić information content (AvgIpc) is 2.75. The highest BCUT2D eigenvalue weighted by Crippen LogP contribution is 2.12. The van der Waals surface area contributed by atoms with Crippen LogP contribution in [0.15, 0.2) is 29.6 Å². The lowest BCUT2D eigenvalue weighted by Crippen LogP contribution is -2.14. The SMILES string of the molecule is Cc1nc(CC(=O)Nc2ccc(CO)cc2)cs1. The summed E-state index contributed by atoms with van der Waals surface area (Å²) < 4.78 is 0. The van der Waals surface area contributed by atoms with Crippen molar-refractivity contribution in [3.8, 4) is 0 Å². The number of carbonyl (C=O) groups excluding carboxylic acids is 1. The molecule has 1 heterocycles. The van der Waals surface area contributed by atoms with Crippen molar-refractivity contribution in [2.75, 3.05) is 5.32 Å². The van der Waals surface area contributed by atoms with Gasteiger partial charge in [-0.2, -0.15) is 0 Å². The fourth-order valence-corrected chi connectivity index (χ4v) is 2.17. The van der Waals surface area contributed by atoms with Crippen LogP contribution in [0.3, 0.4) is 0 Å². The van der Waals surface area contributed by atoms with Crippen LogP contribution < -0.4 is 5.32 Å². The number of amides is 1. The van der Waals surface area contributed by atoms with Crippen molar-refractivity contribution in [2.45, 2.75) is 20.0 Å². The van der Waals surface area contributed by atoms with Crippen LogP contribution in [0.25, 0.3) is 0 Å². The molecule has 94 valence electrons. The molecule has 2 N–H and O–H groups in total. The molecule has 2 rings (SSSR count). The molecule has 0 spiro atoms. The second-order valence-electron chi connectivity index (χ2n) is 3.94. The van der Waals surface area contributed by atoms with Crippen LogP contribution in [0, 0.1) is 6.92 Å². The molecule has 0 fully saturated rings. The molecule has 0 bridgehead atoms. The fraction of sp³-hybridized carbons (Fsp3) is 0.231. The second kappa shape index (κ2) is 5.75. The van der Waals surface area contributed by atoms with Crippen LogP contribution in [0.2, 0.25) is 0 Å². The molecule has 1 amide bonds. The van der Waals surface area contributed by atoms with E-state index in [2.05, 4.69) is 10.3 Å². The highest BCUT2D eigenvalue weighted by Gasteiger charge is 2.06. The van der Waals surface area contributed by atoms with Crippen molar-refractivity contribution in [2.24, 2.45) is 0 Å². The lowest BCUT2D eigenvalue weighted by atomic mass is 10.2. The maximum Gasteiger partial charge on any atom is 0.230 e. The van der Waals surface area contributed by atoms with E-state index < -0.39 is 0 Å². The van der Waals surface area contributed by atoms with Crippen LogP contribution in [0.4, 0.5) is 5.69 Å². The second-order valence-corrected chi connectivity index (χ2v) is 5.00. The number of nitrogens with zero attached hydrogens (tertiary/aromatic N) is 1. The summed E-state index contributed by atoms with van der Waals surface area (Å²) in [5, 5.41) is 14.6. The van der Waals surface area contributed by atoms with Gasteiger partial charge in [-0.1, -0.05) is 12.1 Å². The molecule has 18 heavy (non-hydrogen) atoms. The topological polar surface area (TPSA) is 62.2 Å². The van der Waals surface area contributed by atoms with Crippen LogP contribution in [0.5, 0.6) is 0 Å². The van der Waals surface area contributed by atoms with Gasteiger partial charge in [0.15, 0.2) is 0 Å². The summed E-state index contributed by atoms with van der Waals surface area (Å²) in [4.78, 5) is 16.0. The van der Waals surface area contributed by atoms with Crippen LogP contribution in [0.1, 0.15) is 16.3 Å². The van der Waals surface area contributed by atoms with Crippen LogP contribution in [-0.2, 0) is 17.8 Å². The highest BCUT2D eigenvalue weighted by atomic mass is 32.1. The van der Waals surface area contributed by atoms with Crippen molar-refractivity contribution in [1.82, 2.24) is 4.98 Å². The normalized spacial score (nSPS) is 10.3.